The van der Waals surface area contributed by atoms with E-state index < -0.39 is 10.0 Å². The summed E-state index contributed by atoms with van der Waals surface area (Å²) in [7, 11) is -3.30. The molecule has 0 atom stereocenters. The Bertz CT molecular complexity index is 604. The van der Waals surface area contributed by atoms with E-state index in [1.54, 1.807) is 18.2 Å². The van der Waals surface area contributed by atoms with Crippen molar-refractivity contribution in [2.75, 3.05) is 6.26 Å². The van der Waals surface area contributed by atoms with E-state index >= 15 is 0 Å². The molecule has 0 aliphatic heterocycles. The zero-order chi connectivity index (χ0) is 11.1. The van der Waals surface area contributed by atoms with Crippen LogP contribution in [0, 0.1) is 0 Å². The molecule has 2 aromatic rings. The predicted octanol–water partition coefficient (Wildman–Crippen LogP) is 1.74. The van der Waals surface area contributed by atoms with E-state index in [4.69, 9.17) is 0 Å². The van der Waals surface area contributed by atoms with E-state index in [9.17, 15) is 8.42 Å². The number of imidazole rings is 1. The number of fused-ring (bicyclic) bond motifs is 1. The predicted molar refractivity (Wildman–Crippen MR) is 62.6 cm³/mol. The van der Waals surface area contributed by atoms with Gasteiger partial charge in [-0.05, 0) is 12.1 Å². The molecular formula is C9H9BrN2O2S. The largest absolute Gasteiger partial charge is 0.237 e. The molecule has 0 radical (unpaired) electrons. The lowest BCUT2D eigenvalue weighted by atomic mass is 10.3. The fraction of sp³-hybridized carbons (Fsp3) is 0.222. The van der Waals surface area contributed by atoms with Crippen molar-refractivity contribution in [3.05, 3.63) is 30.1 Å². The van der Waals surface area contributed by atoms with Crippen molar-refractivity contribution in [3.8, 4) is 0 Å². The molecular weight excluding hydrogens is 280 g/mol. The van der Waals surface area contributed by atoms with Crippen LogP contribution in [0.4, 0.5) is 0 Å². The third-order valence-electron chi connectivity index (χ3n) is 2.04. The van der Waals surface area contributed by atoms with Gasteiger partial charge in [0.2, 0.25) is 10.0 Å². The molecule has 2 rings (SSSR count). The second-order valence-electron chi connectivity index (χ2n) is 3.18. The van der Waals surface area contributed by atoms with Gasteiger partial charge in [-0.2, -0.15) is 0 Å². The van der Waals surface area contributed by atoms with Gasteiger partial charge in [-0.1, -0.05) is 28.1 Å². The molecule has 0 bridgehead atoms. The van der Waals surface area contributed by atoms with E-state index in [2.05, 4.69) is 20.9 Å². The standard InChI is InChI=1S/C9H9BrN2O2S/c1-15(13,14)12-8-5-3-2-4-7(8)11-9(12)6-10/h2-5H,6H2,1H3. The van der Waals surface area contributed by atoms with Crippen molar-refractivity contribution in [2.24, 2.45) is 0 Å². The molecule has 6 heteroatoms. The van der Waals surface area contributed by atoms with Crippen molar-refractivity contribution in [2.45, 2.75) is 5.33 Å². The number of hydrogen-bond donors (Lipinski definition) is 0. The summed E-state index contributed by atoms with van der Waals surface area (Å²) in [6, 6.07) is 7.17. The number of nitrogens with zero attached hydrogens (tertiary/aromatic N) is 2. The van der Waals surface area contributed by atoms with Crippen molar-refractivity contribution in [3.63, 3.8) is 0 Å². The minimum absolute atomic E-state index is 0.411. The van der Waals surface area contributed by atoms with Gasteiger partial charge in [0.05, 0.1) is 22.6 Å². The number of hydrogen-bond acceptors (Lipinski definition) is 3. The topological polar surface area (TPSA) is 52.0 Å². The van der Waals surface area contributed by atoms with Gasteiger partial charge in [-0.3, -0.25) is 0 Å². The molecule has 0 unspecified atom stereocenters. The molecule has 0 spiro atoms. The fourth-order valence-corrected chi connectivity index (χ4v) is 3.05. The van der Waals surface area contributed by atoms with Crippen LogP contribution in [0.3, 0.4) is 0 Å². The highest BCUT2D eigenvalue weighted by atomic mass is 79.9. The third-order valence-corrected chi connectivity index (χ3v) is 3.61. The Morgan fingerprint density at radius 2 is 2.07 bits per heavy atom. The smallest absolute Gasteiger partial charge is 0.231 e. The van der Waals surface area contributed by atoms with Gasteiger partial charge in [0.15, 0.2) is 0 Å². The Morgan fingerprint density at radius 3 is 2.67 bits per heavy atom. The first-order chi connectivity index (χ1) is 7.04. The van der Waals surface area contributed by atoms with Gasteiger partial charge in [-0.15, -0.1) is 0 Å². The lowest BCUT2D eigenvalue weighted by molar-refractivity contribution is 0.593. The maximum Gasteiger partial charge on any atom is 0.237 e. The van der Waals surface area contributed by atoms with Crippen LogP contribution in [0.5, 0.6) is 0 Å². The summed E-state index contributed by atoms with van der Waals surface area (Å²) in [4.78, 5) is 4.23. The zero-order valence-electron chi connectivity index (χ0n) is 8.01. The Kier molecular flexibility index (Phi) is 2.56. The van der Waals surface area contributed by atoms with E-state index in [0.29, 0.717) is 22.2 Å². The summed E-state index contributed by atoms with van der Waals surface area (Å²) in [5, 5.41) is 0.411. The van der Waals surface area contributed by atoms with Crippen LogP contribution in [-0.2, 0) is 15.4 Å². The molecule has 1 heterocycles. The molecule has 0 aliphatic carbocycles. The van der Waals surface area contributed by atoms with Gasteiger partial charge in [0.1, 0.15) is 5.82 Å². The second kappa shape index (κ2) is 3.61. The van der Waals surface area contributed by atoms with Crippen LogP contribution in [-0.4, -0.2) is 23.6 Å². The van der Waals surface area contributed by atoms with Crippen molar-refractivity contribution in [1.82, 2.24) is 8.96 Å². The first kappa shape index (κ1) is 10.6. The third kappa shape index (κ3) is 1.79. The van der Waals surface area contributed by atoms with Crippen LogP contribution in [0.15, 0.2) is 24.3 Å². The number of benzene rings is 1. The van der Waals surface area contributed by atoms with Gasteiger partial charge >= 0.3 is 0 Å². The van der Waals surface area contributed by atoms with Gasteiger partial charge in [0.25, 0.3) is 0 Å². The minimum atomic E-state index is -3.30. The SMILES string of the molecule is CS(=O)(=O)n1c(CBr)nc2ccccc21. The molecule has 0 saturated carbocycles. The first-order valence-electron chi connectivity index (χ1n) is 4.27. The average Bonchev–Trinajstić information content (AvgIpc) is 2.54. The van der Waals surface area contributed by atoms with Crippen LogP contribution < -0.4 is 0 Å². The minimum Gasteiger partial charge on any atom is -0.231 e. The molecule has 0 saturated heterocycles. The summed E-state index contributed by atoms with van der Waals surface area (Å²) < 4.78 is 24.4. The maximum absolute atomic E-state index is 11.6. The number of rotatable bonds is 2. The summed E-state index contributed by atoms with van der Waals surface area (Å²) in [6.07, 6.45) is 1.17. The lowest BCUT2D eigenvalue weighted by Crippen LogP contribution is -2.12. The molecule has 0 N–H and O–H groups in total. The molecule has 0 amide bonds. The number of para-hydroxylation sites is 2. The normalized spacial score (nSPS) is 12.1. The van der Waals surface area contributed by atoms with Crippen LogP contribution in [0.1, 0.15) is 5.82 Å². The molecule has 0 aliphatic rings. The second-order valence-corrected chi connectivity index (χ2v) is 5.57. The van der Waals surface area contributed by atoms with Crippen molar-refractivity contribution in [1.29, 1.82) is 0 Å². The number of aromatic nitrogens is 2. The zero-order valence-corrected chi connectivity index (χ0v) is 10.4. The van der Waals surface area contributed by atoms with Gasteiger partial charge < -0.3 is 0 Å². The Hall–Kier alpha value is -0.880. The van der Waals surface area contributed by atoms with E-state index in [-0.39, 0.29) is 0 Å². The van der Waals surface area contributed by atoms with Crippen molar-refractivity contribution >= 4 is 37.0 Å². The number of halogens is 1. The highest BCUT2D eigenvalue weighted by molar-refractivity contribution is 9.08. The Morgan fingerprint density at radius 1 is 1.40 bits per heavy atom. The summed E-state index contributed by atoms with van der Waals surface area (Å²) in [5.74, 6) is 0.499. The maximum atomic E-state index is 11.6. The monoisotopic (exact) mass is 288 g/mol. The van der Waals surface area contributed by atoms with Crippen LogP contribution in [0.25, 0.3) is 11.0 Å². The molecule has 0 fully saturated rings. The van der Waals surface area contributed by atoms with Gasteiger partial charge in [-0.25, -0.2) is 17.4 Å². The lowest BCUT2D eigenvalue weighted by Gasteiger charge is -2.03. The molecule has 15 heavy (non-hydrogen) atoms. The molecule has 1 aromatic carbocycles. The average molecular weight is 289 g/mol. The molecule has 1 aromatic heterocycles. The van der Waals surface area contributed by atoms with E-state index in [1.807, 2.05) is 6.07 Å². The summed E-state index contributed by atoms with van der Waals surface area (Å²) in [5.41, 5.74) is 1.31. The molecule has 80 valence electrons. The highest BCUT2D eigenvalue weighted by Gasteiger charge is 2.16. The van der Waals surface area contributed by atoms with Gasteiger partial charge in [0, 0.05) is 0 Å². The Labute approximate surface area is 96.1 Å². The molecule has 4 nitrogen and oxygen atoms in total. The summed E-state index contributed by atoms with van der Waals surface area (Å²) in [6.45, 7) is 0. The van der Waals surface area contributed by atoms with Crippen LogP contribution in [0.2, 0.25) is 0 Å². The highest BCUT2D eigenvalue weighted by Crippen LogP contribution is 2.19. The summed E-state index contributed by atoms with van der Waals surface area (Å²) >= 11 is 3.23. The number of alkyl halides is 1. The van der Waals surface area contributed by atoms with E-state index in [1.165, 1.54) is 10.2 Å². The Balaban J connectivity index is 2.91. The van der Waals surface area contributed by atoms with Crippen molar-refractivity contribution < 1.29 is 8.42 Å². The fourth-order valence-electron chi connectivity index (χ4n) is 1.51. The quantitative estimate of drug-likeness (QED) is 0.791. The first-order valence-corrected chi connectivity index (χ1v) is 7.24. The van der Waals surface area contributed by atoms with Crippen LogP contribution >= 0.6 is 15.9 Å². The van der Waals surface area contributed by atoms with E-state index in [0.717, 1.165) is 0 Å².